The minimum atomic E-state index is -1.06. The van der Waals surface area contributed by atoms with Gasteiger partial charge in [0.15, 0.2) is 0 Å². The number of benzene rings is 1. The molecule has 0 radical (unpaired) electrons. The van der Waals surface area contributed by atoms with Crippen molar-refractivity contribution < 1.29 is 19.5 Å². The second kappa shape index (κ2) is 7.59. The van der Waals surface area contributed by atoms with Gasteiger partial charge in [0.25, 0.3) is 5.91 Å². The molecule has 3 N–H and O–H groups in total. The number of carboxylic acid groups (broad SMARTS) is 1. The zero-order valence-corrected chi connectivity index (χ0v) is 13.3. The number of aliphatic carboxylic acids is 1. The van der Waals surface area contributed by atoms with Gasteiger partial charge < -0.3 is 15.7 Å². The van der Waals surface area contributed by atoms with Crippen molar-refractivity contribution in [2.75, 3.05) is 5.32 Å². The van der Waals surface area contributed by atoms with E-state index < -0.39 is 17.9 Å². The van der Waals surface area contributed by atoms with Crippen LogP contribution in [0.4, 0.5) is 5.69 Å². The van der Waals surface area contributed by atoms with Gasteiger partial charge in [0.1, 0.15) is 6.04 Å². The first-order valence-corrected chi connectivity index (χ1v) is 7.13. The summed E-state index contributed by atoms with van der Waals surface area (Å²) >= 11 is 0. The first-order chi connectivity index (χ1) is 10.2. The van der Waals surface area contributed by atoms with Crippen LogP contribution in [0.15, 0.2) is 18.2 Å². The first-order valence-electron chi connectivity index (χ1n) is 7.13. The molecule has 0 aliphatic heterocycles. The topological polar surface area (TPSA) is 95.5 Å². The van der Waals surface area contributed by atoms with Gasteiger partial charge >= 0.3 is 5.97 Å². The number of hydrogen-bond acceptors (Lipinski definition) is 3. The maximum Gasteiger partial charge on any atom is 0.326 e. The summed E-state index contributed by atoms with van der Waals surface area (Å²) in [7, 11) is 0. The molecule has 1 atom stereocenters. The Kier molecular flexibility index (Phi) is 6.10. The van der Waals surface area contributed by atoms with E-state index in [1.165, 1.54) is 6.92 Å². The molecule has 1 unspecified atom stereocenters. The Bertz CT molecular complexity index is 582. The van der Waals surface area contributed by atoms with Gasteiger partial charge in [0.05, 0.1) is 0 Å². The summed E-state index contributed by atoms with van der Waals surface area (Å²) in [6.07, 6.45) is 0.353. The van der Waals surface area contributed by atoms with Crippen LogP contribution in [0.25, 0.3) is 0 Å². The number of rotatable bonds is 6. The fraction of sp³-hybridized carbons (Fsp3) is 0.438. The van der Waals surface area contributed by atoms with Crippen LogP contribution in [0, 0.1) is 12.8 Å². The molecule has 0 aliphatic carbocycles. The van der Waals surface area contributed by atoms with E-state index in [1.807, 2.05) is 13.8 Å². The molecule has 0 spiro atoms. The third kappa shape index (κ3) is 4.87. The van der Waals surface area contributed by atoms with Crippen LogP contribution in [0.3, 0.4) is 0 Å². The molecule has 0 saturated heterocycles. The van der Waals surface area contributed by atoms with Crippen LogP contribution in [0.2, 0.25) is 0 Å². The highest BCUT2D eigenvalue weighted by Crippen LogP contribution is 2.19. The zero-order valence-electron chi connectivity index (χ0n) is 13.3. The summed E-state index contributed by atoms with van der Waals surface area (Å²) in [6.45, 7) is 6.88. The Morgan fingerprint density at radius 3 is 2.36 bits per heavy atom. The van der Waals surface area contributed by atoms with Gasteiger partial charge in [-0.2, -0.15) is 0 Å². The molecule has 0 aromatic heterocycles. The molecule has 6 nitrogen and oxygen atoms in total. The summed E-state index contributed by atoms with van der Waals surface area (Å²) in [6, 6.07) is 4.00. The molecule has 6 heteroatoms. The van der Waals surface area contributed by atoms with E-state index in [-0.39, 0.29) is 11.8 Å². The Hall–Kier alpha value is -2.37. The standard InChI is InChI=1S/C16H22N2O4/c1-9(2)8-14(16(21)22)18-15(20)12-6-5-7-13(10(12)3)17-11(4)19/h5-7,9,14H,8H2,1-4H3,(H,17,19)(H,18,20)(H,21,22). The van der Waals surface area contributed by atoms with E-state index in [9.17, 15) is 19.5 Å². The fourth-order valence-electron chi connectivity index (χ4n) is 2.14. The zero-order chi connectivity index (χ0) is 16.9. The minimum absolute atomic E-state index is 0.146. The average Bonchev–Trinajstić information content (AvgIpc) is 2.39. The van der Waals surface area contributed by atoms with Crippen LogP contribution < -0.4 is 10.6 Å². The van der Waals surface area contributed by atoms with Crippen molar-refractivity contribution in [2.24, 2.45) is 5.92 Å². The highest BCUT2D eigenvalue weighted by atomic mass is 16.4. The van der Waals surface area contributed by atoms with Crippen LogP contribution in [-0.2, 0) is 9.59 Å². The minimum Gasteiger partial charge on any atom is -0.480 e. The maximum atomic E-state index is 12.3. The number of carbonyl (C=O) groups excluding carboxylic acids is 2. The molecular weight excluding hydrogens is 284 g/mol. The lowest BCUT2D eigenvalue weighted by molar-refractivity contribution is -0.139. The van der Waals surface area contributed by atoms with E-state index in [1.54, 1.807) is 25.1 Å². The molecule has 2 amide bonds. The molecule has 0 fully saturated rings. The van der Waals surface area contributed by atoms with Crippen molar-refractivity contribution in [1.29, 1.82) is 0 Å². The van der Waals surface area contributed by atoms with E-state index in [0.29, 0.717) is 23.2 Å². The summed E-state index contributed by atoms with van der Waals surface area (Å²) in [5.74, 6) is -1.60. The van der Waals surface area contributed by atoms with Crippen molar-refractivity contribution in [2.45, 2.75) is 40.2 Å². The number of carboxylic acids is 1. The van der Waals surface area contributed by atoms with Gasteiger partial charge in [-0.15, -0.1) is 0 Å². The Labute approximate surface area is 129 Å². The van der Waals surface area contributed by atoms with Crippen LogP contribution in [-0.4, -0.2) is 28.9 Å². The van der Waals surface area contributed by atoms with Crippen molar-refractivity contribution >= 4 is 23.5 Å². The third-order valence-electron chi connectivity index (χ3n) is 3.20. The summed E-state index contributed by atoms with van der Waals surface area (Å²) in [5.41, 5.74) is 1.49. The number of carbonyl (C=O) groups is 3. The van der Waals surface area contributed by atoms with Gasteiger partial charge in [-0.05, 0) is 37.0 Å². The van der Waals surface area contributed by atoms with Crippen LogP contribution in [0.5, 0.6) is 0 Å². The fourth-order valence-corrected chi connectivity index (χ4v) is 2.14. The van der Waals surface area contributed by atoms with E-state index in [4.69, 9.17) is 0 Å². The Balaban J connectivity index is 2.97. The molecule has 0 aliphatic rings. The van der Waals surface area contributed by atoms with E-state index in [2.05, 4.69) is 10.6 Å². The third-order valence-corrected chi connectivity index (χ3v) is 3.20. The molecule has 120 valence electrons. The van der Waals surface area contributed by atoms with Gasteiger partial charge in [0.2, 0.25) is 5.91 Å². The Morgan fingerprint density at radius 2 is 1.86 bits per heavy atom. The van der Waals surface area contributed by atoms with Gasteiger partial charge in [-0.1, -0.05) is 19.9 Å². The smallest absolute Gasteiger partial charge is 0.326 e. The number of hydrogen-bond donors (Lipinski definition) is 3. The summed E-state index contributed by atoms with van der Waals surface area (Å²) in [4.78, 5) is 34.7. The quantitative estimate of drug-likeness (QED) is 0.750. The lowest BCUT2D eigenvalue weighted by Gasteiger charge is -2.18. The van der Waals surface area contributed by atoms with Gasteiger partial charge in [-0.25, -0.2) is 4.79 Å². The molecule has 22 heavy (non-hydrogen) atoms. The molecule has 1 aromatic carbocycles. The number of nitrogens with one attached hydrogen (secondary N) is 2. The van der Waals surface area contributed by atoms with Gasteiger partial charge in [0, 0.05) is 18.2 Å². The average molecular weight is 306 g/mol. The predicted molar refractivity (Wildman–Crippen MR) is 83.8 cm³/mol. The molecule has 1 rings (SSSR count). The normalized spacial score (nSPS) is 11.9. The predicted octanol–water partition coefficient (Wildman–Crippen LogP) is 2.18. The van der Waals surface area contributed by atoms with Crippen molar-refractivity contribution in [1.82, 2.24) is 5.32 Å². The number of anilines is 1. The second-order valence-electron chi connectivity index (χ2n) is 5.65. The highest BCUT2D eigenvalue weighted by molar-refractivity contribution is 6.00. The van der Waals surface area contributed by atoms with E-state index >= 15 is 0 Å². The summed E-state index contributed by atoms with van der Waals surface area (Å²) < 4.78 is 0. The van der Waals surface area contributed by atoms with Crippen LogP contribution >= 0.6 is 0 Å². The molecular formula is C16H22N2O4. The number of amides is 2. The van der Waals surface area contributed by atoms with Gasteiger partial charge in [-0.3, -0.25) is 9.59 Å². The molecule has 0 bridgehead atoms. The highest BCUT2D eigenvalue weighted by Gasteiger charge is 2.22. The SMILES string of the molecule is CC(=O)Nc1cccc(C(=O)NC(CC(C)C)C(=O)O)c1C. The molecule has 0 saturated carbocycles. The summed E-state index contributed by atoms with van der Waals surface area (Å²) in [5, 5.41) is 14.4. The second-order valence-corrected chi connectivity index (χ2v) is 5.65. The lowest BCUT2D eigenvalue weighted by atomic mass is 10.0. The Morgan fingerprint density at radius 1 is 1.23 bits per heavy atom. The van der Waals surface area contributed by atoms with Crippen molar-refractivity contribution in [3.8, 4) is 0 Å². The lowest BCUT2D eigenvalue weighted by Crippen LogP contribution is -2.41. The molecule has 0 heterocycles. The van der Waals surface area contributed by atoms with E-state index in [0.717, 1.165) is 0 Å². The first kappa shape index (κ1) is 17.7. The maximum absolute atomic E-state index is 12.3. The largest absolute Gasteiger partial charge is 0.480 e. The monoisotopic (exact) mass is 306 g/mol. The van der Waals surface area contributed by atoms with Crippen LogP contribution in [0.1, 0.15) is 43.1 Å². The van der Waals surface area contributed by atoms with Crippen molar-refractivity contribution in [3.05, 3.63) is 29.3 Å². The molecule has 1 aromatic rings. The van der Waals surface area contributed by atoms with Crippen molar-refractivity contribution in [3.63, 3.8) is 0 Å².